The molecule has 2 aliphatic heterocycles. The maximum Gasteiger partial charge on any atom is 0.259 e. The van der Waals surface area contributed by atoms with Crippen molar-refractivity contribution in [3.05, 3.63) is 29.6 Å². The fourth-order valence-corrected chi connectivity index (χ4v) is 3.11. The Morgan fingerprint density at radius 2 is 1.96 bits per heavy atom. The second-order valence-corrected chi connectivity index (χ2v) is 7.38. The van der Waals surface area contributed by atoms with Crippen LogP contribution in [0.4, 0.5) is 5.95 Å². The molecule has 8 heteroatoms. The minimum Gasteiger partial charge on any atom is -0.469 e. The van der Waals surface area contributed by atoms with E-state index in [-0.39, 0.29) is 5.91 Å². The van der Waals surface area contributed by atoms with E-state index in [9.17, 15) is 4.79 Å². The summed E-state index contributed by atoms with van der Waals surface area (Å²) >= 11 is 0. The van der Waals surface area contributed by atoms with Gasteiger partial charge in [-0.25, -0.2) is 4.98 Å². The largest absolute Gasteiger partial charge is 0.469 e. The average Bonchev–Trinajstić information content (AvgIpc) is 2.78. The first kappa shape index (κ1) is 17.7. The van der Waals surface area contributed by atoms with E-state index < -0.39 is 5.60 Å². The quantitative estimate of drug-likeness (QED) is 0.860. The molecule has 0 aromatic carbocycles. The first-order valence-electron chi connectivity index (χ1n) is 9.08. The number of aromatic nitrogens is 3. The van der Waals surface area contributed by atoms with Crippen LogP contribution in [0.1, 0.15) is 29.9 Å². The lowest BCUT2D eigenvalue weighted by molar-refractivity contribution is 0.0899. The Bertz CT molecular complexity index is 860. The summed E-state index contributed by atoms with van der Waals surface area (Å²) in [6.45, 7) is 8.78. The first-order valence-corrected chi connectivity index (χ1v) is 9.08. The SMILES string of the molecule is Cc1ccc(-c2nc(N3CCOCC3)nc3c2C(=O)NCC(C)(C)O3)cn1. The number of morpholine rings is 1. The monoisotopic (exact) mass is 369 g/mol. The van der Waals surface area contributed by atoms with E-state index in [1.54, 1.807) is 6.20 Å². The van der Waals surface area contributed by atoms with Gasteiger partial charge in [0, 0.05) is 30.5 Å². The van der Waals surface area contributed by atoms with Gasteiger partial charge in [0.2, 0.25) is 11.8 Å². The Balaban J connectivity index is 1.89. The van der Waals surface area contributed by atoms with Gasteiger partial charge in [-0.1, -0.05) is 0 Å². The van der Waals surface area contributed by atoms with Gasteiger partial charge in [0.1, 0.15) is 11.2 Å². The Morgan fingerprint density at radius 3 is 2.67 bits per heavy atom. The summed E-state index contributed by atoms with van der Waals surface area (Å²) in [5.41, 5.74) is 1.97. The van der Waals surface area contributed by atoms with Gasteiger partial charge >= 0.3 is 0 Å². The van der Waals surface area contributed by atoms with Crippen LogP contribution in [-0.4, -0.2) is 59.3 Å². The van der Waals surface area contributed by atoms with Crippen LogP contribution in [-0.2, 0) is 4.74 Å². The molecular weight excluding hydrogens is 346 g/mol. The number of aryl methyl sites for hydroxylation is 1. The third kappa shape index (κ3) is 3.57. The lowest BCUT2D eigenvalue weighted by Crippen LogP contribution is -2.39. The number of hydrogen-bond donors (Lipinski definition) is 1. The maximum atomic E-state index is 12.8. The van der Waals surface area contributed by atoms with Crippen molar-refractivity contribution < 1.29 is 14.3 Å². The zero-order valence-electron chi connectivity index (χ0n) is 15.8. The Labute approximate surface area is 157 Å². The number of amides is 1. The average molecular weight is 369 g/mol. The van der Waals surface area contributed by atoms with Crippen molar-refractivity contribution in [3.63, 3.8) is 0 Å². The van der Waals surface area contributed by atoms with Crippen molar-refractivity contribution in [2.45, 2.75) is 26.4 Å². The third-order valence-corrected chi connectivity index (χ3v) is 4.62. The Hall–Kier alpha value is -2.74. The number of carbonyl (C=O) groups is 1. The highest BCUT2D eigenvalue weighted by molar-refractivity contribution is 6.02. The number of nitrogens with one attached hydrogen (secondary N) is 1. The molecule has 4 rings (SSSR count). The predicted molar refractivity (Wildman–Crippen MR) is 100 cm³/mol. The van der Waals surface area contributed by atoms with E-state index in [4.69, 9.17) is 14.5 Å². The zero-order chi connectivity index (χ0) is 19.0. The number of hydrogen-bond acceptors (Lipinski definition) is 7. The lowest BCUT2D eigenvalue weighted by atomic mass is 10.1. The first-order chi connectivity index (χ1) is 12.9. The van der Waals surface area contributed by atoms with Gasteiger partial charge in [-0.05, 0) is 32.9 Å². The molecule has 1 saturated heterocycles. The second kappa shape index (κ2) is 6.77. The van der Waals surface area contributed by atoms with Gasteiger partial charge < -0.3 is 19.7 Å². The summed E-state index contributed by atoms with van der Waals surface area (Å²) in [5.74, 6) is 0.611. The van der Waals surface area contributed by atoms with Gasteiger partial charge in [0.15, 0.2) is 0 Å². The van der Waals surface area contributed by atoms with Crippen LogP contribution in [0, 0.1) is 6.92 Å². The summed E-state index contributed by atoms with van der Waals surface area (Å²) in [6, 6.07) is 3.81. The Morgan fingerprint density at radius 1 is 1.19 bits per heavy atom. The van der Waals surface area contributed by atoms with Gasteiger partial charge in [-0.15, -0.1) is 0 Å². The molecular formula is C19H23N5O3. The molecule has 0 atom stereocenters. The number of anilines is 1. The fourth-order valence-electron chi connectivity index (χ4n) is 3.11. The molecule has 4 heterocycles. The molecule has 1 fully saturated rings. The van der Waals surface area contributed by atoms with Crippen molar-refractivity contribution in [3.8, 4) is 17.1 Å². The molecule has 1 amide bonds. The predicted octanol–water partition coefficient (Wildman–Crippen LogP) is 1.58. The number of nitrogens with zero attached hydrogens (tertiary/aromatic N) is 4. The summed E-state index contributed by atoms with van der Waals surface area (Å²) < 4.78 is 11.5. The van der Waals surface area contributed by atoms with Crippen molar-refractivity contribution in [1.82, 2.24) is 20.3 Å². The summed E-state index contributed by atoms with van der Waals surface area (Å²) in [4.78, 5) is 28.6. The Kier molecular flexibility index (Phi) is 4.43. The molecule has 2 aromatic heterocycles. The highest BCUT2D eigenvalue weighted by atomic mass is 16.5. The minimum absolute atomic E-state index is 0.236. The van der Waals surface area contributed by atoms with E-state index in [1.807, 2.05) is 37.8 Å². The normalized spacial score (nSPS) is 18.9. The molecule has 8 nitrogen and oxygen atoms in total. The van der Waals surface area contributed by atoms with E-state index >= 15 is 0 Å². The smallest absolute Gasteiger partial charge is 0.259 e. The van der Waals surface area contributed by atoms with Crippen LogP contribution in [0.3, 0.4) is 0 Å². The molecule has 0 radical (unpaired) electrons. The topological polar surface area (TPSA) is 89.5 Å². The van der Waals surface area contributed by atoms with Crippen LogP contribution < -0.4 is 15.0 Å². The second-order valence-electron chi connectivity index (χ2n) is 7.38. The molecule has 0 saturated carbocycles. The van der Waals surface area contributed by atoms with Gasteiger partial charge in [-0.3, -0.25) is 9.78 Å². The molecule has 0 unspecified atom stereocenters. The molecule has 2 aromatic rings. The molecule has 27 heavy (non-hydrogen) atoms. The number of ether oxygens (including phenoxy) is 2. The summed E-state index contributed by atoms with van der Waals surface area (Å²) in [5, 5.41) is 2.91. The van der Waals surface area contributed by atoms with E-state index in [1.165, 1.54) is 0 Å². The molecule has 2 aliphatic rings. The number of rotatable bonds is 2. The van der Waals surface area contributed by atoms with Crippen molar-refractivity contribution in [2.75, 3.05) is 37.7 Å². The van der Waals surface area contributed by atoms with Gasteiger partial charge in [0.25, 0.3) is 5.91 Å². The molecule has 1 N–H and O–H groups in total. The van der Waals surface area contributed by atoms with E-state index in [2.05, 4.69) is 15.3 Å². The summed E-state index contributed by atoms with van der Waals surface area (Å²) in [7, 11) is 0. The number of carbonyl (C=O) groups excluding carboxylic acids is 1. The van der Waals surface area contributed by atoms with Gasteiger partial charge in [0.05, 0.1) is 25.5 Å². The van der Waals surface area contributed by atoms with Crippen LogP contribution in [0.15, 0.2) is 18.3 Å². The zero-order valence-corrected chi connectivity index (χ0v) is 15.8. The van der Waals surface area contributed by atoms with E-state index in [0.29, 0.717) is 55.9 Å². The van der Waals surface area contributed by atoms with Crippen molar-refractivity contribution in [1.29, 1.82) is 0 Å². The van der Waals surface area contributed by atoms with Crippen LogP contribution in [0.5, 0.6) is 5.88 Å². The van der Waals surface area contributed by atoms with Gasteiger partial charge in [-0.2, -0.15) is 4.98 Å². The van der Waals surface area contributed by atoms with Crippen molar-refractivity contribution in [2.24, 2.45) is 0 Å². The molecule has 0 spiro atoms. The van der Waals surface area contributed by atoms with E-state index in [0.717, 1.165) is 11.3 Å². The standard InChI is InChI=1S/C19H23N5O3/c1-12-4-5-13(10-20-12)15-14-16(25)21-11-19(2,3)27-17(14)23-18(22-15)24-6-8-26-9-7-24/h4-5,10H,6-9,11H2,1-3H3,(H,21,25). The third-order valence-electron chi connectivity index (χ3n) is 4.62. The minimum atomic E-state index is -0.569. The molecule has 142 valence electrons. The summed E-state index contributed by atoms with van der Waals surface area (Å²) in [6.07, 6.45) is 1.73. The molecule has 0 aliphatic carbocycles. The molecule has 0 bridgehead atoms. The van der Waals surface area contributed by atoms with Crippen molar-refractivity contribution >= 4 is 11.9 Å². The number of pyridine rings is 1. The highest BCUT2D eigenvalue weighted by Gasteiger charge is 2.33. The van der Waals surface area contributed by atoms with Crippen LogP contribution >= 0.6 is 0 Å². The highest BCUT2D eigenvalue weighted by Crippen LogP contribution is 2.33. The lowest BCUT2D eigenvalue weighted by Gasteiger charge is -2.28. The maximum absolute atomic E-state index is 12.8. The van der Waals surface area contributed by atoms with Crippen LogP contribution in [0.2, 0.25) is 0 Å². The fraction of sp³-hybridized carbons (Fsp3) is 0.474. The number of fused-ring (bicyclic) bond motifs is 1. The van der Waals surface area contributed by atoms with Crippen LogP contribution in [0.25, 0.3) is 11.3 Å².